The third kappa shape index (κ3) is 3.49. The Balaban J connectivity index is 1.50. The van der Waals surface area contributed by atoms with Gasteiger partial charge in [0.2, 0.25) is 0 Å². The quantitative estimate of drug-likeness (QED) is 0.561. The Morgan fingerprint density at radius 3 is 2.86 bits per heavy atom. The van der Waals surface area contributed by atoms with Crippen LogP contribution in [0, 0.1) is 6.92 Å². The maximum Gasteiger partial charge on any atom is 0.251 e. The minimum atomic E-state index is -0.0546. The highest BCUT2D eigenvalue weighted by atomic mass is 32.2. The smallest absolute Gasteiger partial charge is 0.251 e. The first-order chi connectivity index (χ1) is 10.7. The Labute approximate surface area is 133 Å². The van der Waals surface area contributed by atoms with E-state index in [0.29, 0.717) is 12.1 Å². The largest absolute Gasteiger partial charge is 0.351 e. The van der Waals surface area contributed by atoms with Crippen molar-refractivity contribution in [3.8, 4) is 0 Å². The van der Waals surface area contributed by atoms with Crippen LogP contribution in [0.4, 0.5) is 0 Å². The molecule has 0 spiro atoms. The number of thioether (sulfide) groups is 1. The molecule has 0 saturated heterocycles. The van der Waals surface area contributed by atoms with Crippen LogP contribution in [-0.2, 0) is 0 Å². The predicted molar refractivity (Wildman–Crippen MR) is 90.3 cm³/mol. The van der Waals surface area contributed by atoms with Gasteiger partial charge in [0.15, 0.2) is 0 Å². The summed E-state index contributed by atoms with van der Waals surface area (Å²) >= 11 is 1.74. The summed E-state index contributed by atoms with van der Waals surface area (Å²) in [5, 5.41) is 2.94. The molecule has 22 heavy (non-hydrogen) atoms. The predicted octanol–water partition coefficient (Wildman–Crippen LogP) is 3.39. The lowest BCUT2D eigenvalue weighted by Gasteiger charge is -2.06. The lowest BCUT2D eigenvalue weighted by atomic mass is 10.2. The Morgan fingerprint density at radius 1 is 1.23 bits per heavy atom. The second kappa shape index (κ2) is 6.66. The number of amides is 1. The van der Waals surface area contributed by atoms with Crippen LogP contribution in [0.25, 0.3) is 11.0 Å². The number of fused-ring (bicyclic) bond motifs is 1. The molecule has 0 aliphatic carbocycles. The van der Waals surface area contributed by atoms with Gasteiger partial charge in [-0.1, -0.05) is 17.7 Å². The van der Waals surface area contributed by atoms with Crippen molar-refractivity contribution in [1.82, 2.24) is 15.3 Å². The molecular weight excluding hydrogens is 294 g/mol. The number of carbonyl (C=O) groups is 1. The van der Waals surface area contributed by atoms with Crippen molar-refractivity contribution in [2.75, 3.05) is 12.3 Å². The highest BCUT2D eigenvalue weighted by Crippen LogP contribution is 2.17. The molecule has 1 heterocycles. The zero-order valence-corrected chi connectivity index (χ0v) is 13.1. The van der Waals surface area contributed by atoms with E-state index in [-0.39, 0.29) is 5.91 Å². The molecule has 5 heteroatoms. The fraction of sp³-hybridized carbons (Fsp3) is 0.176. The minimum absolute atomic E-state index is 0.0546. The fourth-order valence-corrected chi connectivity index (χ4v) is 2.92. The number of carbonyl (C=O) groups excluding carboxylic acids is 1. The number of aromatic amines is 1. The van der Waals surface area contributed by atoms with E-state index in [0.717, 1.165) is 16.8 Å². The summed E-state index contributed by atoms with van der Waals surface area (Å²) in [4.78, 5) is 20.5. The number of H-pyrrole nitrogens is 1. The zero-order chi connectivity index (χ0) is 15.4. The van der Waals surface area contributed by atoms with Crippen LogP contribution >= 0.6 is 11.8 Å². The number of hydrogen-bond acceptors (Lipinski definition) is 3. The van der Waals surface area contributed by atoms with Crippen molar-refractivity contribution >= 4 is 28.7 Å². The Morgan fingerprint density at radius 2 is 2.05 bits per heavy atom. The molecule has 0 bridgehead atoms. The summed E-state index contributed by atoms with van der Waals surface area (Å²) in [7, 11) is 0. The van der Waals surface area contributed by atoms with E-state index in [9.17, 15) is 4.79 Å². The number of rotatable bonds is 5. The second-order valence-corrected chi connectivity index (χ2v) is 6.22. The normalized spacial score (nSPS) is 10.8. The summed E-state index contributed by atoms with van der Waals surface area (Å²) in [6, 6.07) is 13.9. The Hall–Kier alpha value is -2.27. The van der Waals surface area contributed by atoms with Gasteiger partial charge in [-0.05, 0) is 37.3 Å². The summed E-state index contributed by atoms with van der Waals surface area (Å²) in [6.45, 7) is 2.71. The molecule has 2 aromatic carbocycles. The van der Waals surface area contributed by atoms with E-state index in [1.807, 2.05) is 12.1 Å². The number of aromatic nitrogens is 2. The number of nitrogens with one attached hydrogen (secondary N) is 2. The maximum absolute atomic E-state index is 12.1. The number of hydrogen-bond donors (Lipinski definition) is 2. The van der Waals surface area contributed by atoms with E-state index >= 15 is 0 Å². The molecule has 0 radical (unpaired) electrons. The lowest BCUT2D eigenvalue weighted by molar-refractivity contribution is 0.0956. The first-order valence-electron chi connectivity index (χ1n) is 7.13. The van der Waals surface area contributed by atoms with Crippen LogP contribution < -0.4 is 5.32 Å². The topological polar surface area (TPSA) is 57.8 Å². The lowest BCUT2D eigenvalue weighted by Crippen LogP contribution is -2.25. The number of nitrogens with zero attached hydrogens (tertiary/aromatic N) is 1. The van der Waals surface area contributed by atoms with Crippen molar-refractivity contribution in [2.24, 2.45) is 0 Å². The molecule has 3 rings (SSSR count). The Kier molecular flexibility index (Phi) is 4.44. The monoisotopic (exact) mass is 311 g/mol. The molecule has 0 fully saturated rings. The molecule has 0 aliphatic rings. The molecule has 0 atom stereocenters. The molecule has 1 aromatic heterocycles. The summed E-state index contributed by atoms with van der Waals surface area (Å²) < 4.78 is 0. The number of aryl methyl sites for hydroxylation is 1. The molecule has 2 N–H and O–H groups in total. The molecular formula is C17H17N3OS. The highest BCUT2D eigenvalue weighted by molar-refractivity contribution is 7.99. The summed E-state index contributed by atoms with van der Waals surface area (Å²) in [5.41, 5.74) is 3.65. The molecule has 3 aromatic rings. The van der Waals surface area contributed by atoms with Gasteiger partial charge in [-0.15, -0.1) is 11.8 Å². The van der Waals surface area contributed by atoms with Crippen molar-refractivity contribution in [2.45, 2.75) is 11.8 Å². The van der Waals surface area contributed by atoms with Gasteiger partial charge < -0.3 is 10.3 Å². The van der Waals surface area contributed by atoms with Crippen LogP contribution in [0.3, 0.4) is 0 Å². The third-order valence-corrected chi connectivity index (χ3v) is 4.37. The van der Waals surface area contributed by atoms with Gasteiger partial charge >= 0.3 is 0 Å². The van der Waals surface area contributed by atoms with Crippen molar-refractivity contribution in [1.29, 1.82) is 0 Å². The van der Waals surface area contributed by atoms with Crippen LogP contribution in [0.5, 0.6) is 0 Å². The fourth-order valence-electron chi connectivity index (χ4n) is 2.15. The van der Waals surface area contributed by atoms with Crippen molar-refractivity contribution in [3.63, 3.8) is 0 Å². The molecule has 112 valence electrons. The van der Waals surface area contributed by atoms with Gasteiger partial charge in [-0.3, -0.25) is 4.79 Å². The maximum atomic E-state index is 12.1. The van der Waals surface area contributed by atoms with Gasteiger partial charge in [0.05, 0.1) is 17.4 Å². The minimum Gasteiger partial charge on any atom is -0.351 e. The molecule has 4 nitrogen and oxygen atoms in total. The molecule has 0 aliphatic heterocycles. The summed E-state index contributed by atoms with van der Waals surface area (Å²) in [6.07, 6.45) is 1.63. The van der Waals surface area contributed by atoms with E-state index in [2.05, 4.69) is 46.5 Å². The first-order valence-corrected chi connectivity index (χ1v) is 8.12. The van der Waals surface area contributed by atoms with Crippen LogP contribution in [0.2, 0.25) is 0 Å². The van der Waals surface area contributed by atoms with E-state index in [1.54, 1.807) is 24.2 Å². The van der Waals surface area contributed by atoms with Gasteiger partial charge in [0, 0.05) is 22.8 Å². The van der Waals surface area contributed by atoms with Gasteiger partial charge in [-0.2, -0.15) is 0 Å². The van der Waals surface area contributed by atoms with Gasteiger partial charge in [-0.25, -0.2) is 4.98 Å². The molecule has 0 saturated carbocycles. The third-order valence-electron chi connectivity index (χ3n) is 3.36. The Bertz CT molecular complexity index is 780. The second-order valence-electron chi connectivity index (χ2n) is 5.05. The summed E-state index contributed by atoms with van der Waals surface area (Å²) in [5.74, 6) is 0.794. The number of imidazole rings is 1. The van der Waals surface area contributed by atoms with Crippen LogP contribution in [-0.4, -0.2) is 28.2 Å². The van der Waals surface area contributed by atoms with Gasteiger partial charge in [0.1, 0.15) is 0 Å². The number of benzene rings is 2. The molecule has 0 unspecified atom stereocenters. The van der Waals surface area contributed by atoms with E-state index in [4.69, 9.17) is 0 Å². The molecule has 1 amide bonds. The van der Waals surface area contributed by atoms with Crippen molar-refractivity contribution < 1.29 is 4.79 Å². The van der Waals surface area contributed by atoms with Gasteiger partial charge in [0.25, 0.3) is 5.91 Å². The highest BCUT2D eigenvalue weighted by Gasteiger charge is 2.06. The SMILES string of the molecule is Cc1ccc(SCCNC(=O)c2ccc3nc[nH]c3c2)cc1. The average Bonchev–Trinajstić information content (AvgIpc) is 3.00. The van der Waals surface area contributed by atoms with E-state index < -0.39 is 0 Å². The van der Waals surface area contributed by atoms with Crippen LogP contribution in [0.15, 0.2) is 53.7 Å². The van der Waals surface area contributed by atoms with E-state index in [1.165, 1.54) is 10.5 Å². The first kappa shape index (κ1) is 14.7. The average molecular weight is 311 g/mol. The van der Waals surface area contributed by atoms with Crippen molar-refractivity contribution in [3.05, 3.63) is 59.9 Å². The van der Waals surface area contributed by atoms with Crippen LogP contribution in [0.1, 0.15) is 15.9 Å². The standard InChI is InChI=1S/C17H17N3OS/c1-12-2-5-14(6-3-12)22-9-8-18-17(21)13-4-7-15-16(10-13)20-11-19-15/h2-7,10-11H,8-9H2,1H3,(H,18,21)(H,19,20). The zero-order valence-electron chi connectivity index (χ0n) is 12.3.